The van der Waals surface area contributed by atoms with Crippen molar-refractivity contribution in [2.24, 2.45) is 0 Å². The summed E-state index contributed by atoms with van der Waals surface area (Å²) in [6.45, 7) is 2.39. The number of benzene rings is 2. The van der Waals surface area contributed by atoms with Crippen LogP contribution in [-0.2, 0) is 9.59 Å². The highest BCUT2D eigenvalue weighted by atomic mass is 35.5. The van der Waals surface area contributed by atoms with Crippen LogP contribution in [0.1, 0.15) is 13.8 Å². The predicted molar refractivity (Wildman–Crippen MR) is 174 cm³/mol. The lowest BCUT2D eigenvalue weighted by atomic mass is 10.3. The Bertz CT molecular complexity index is 1120. The summed E-state index contributed by atoms with van der Waals surface area (Å²) in [4.78, 5) is 44.9. The molecule has 0 aliphatic carbocycles. The molecule has 2 aromatic carbocycles. The Balaban J connectivity index is 0. The van der Waals surface area contributed by atoms with Gasteiger partial charge in [-0.1, -0.05) is 92.8 Å². The first kappa shape index (κ1) is 42.4. The van der Waals surface area contributed by atoms with Crippen LogP contribution in [0, 0.1) is 0 Å². The van der Waals surface area contributed by atoms with Crippen LogP contribution in [0.5, 0.6) is 0 Å². The molecule has 10 nitrogen and oxygen atoms in total. The molecule has 0 saturated carbocycles. The Morgan fingerprint density at radius 2 is 0.833 bits per heavy atom. The van der Waals surface area contributed by atoms with E-state index in [1.54, 1.807) is 64.6 Å². The molecule has 2 aromatic rings. The Morgan fingerprint density at radius 1 is 0.595 bits per heavy atom. The van der Waals surface area contributed by atoms with E-state index in [1.807, 2.05) is 0 Å². The third kappa shape index (κ3) is 19.4. The average molecular weight is 752 g/mol. The maximum atomic E-state index is 11.2. The van der Waals surface area contributed by atoms with Crippen LogP contribution in [0.3, 0.4) is 0 Å². The number of hydrogen-bond donors (Lipinski definition) is 4. The number of aliphatic carboxylic acids is 2. The summed E-state index contributed by atoms with van der Waals surface area (Å²) < 4.78 is -3.28. The number of carboxylic acids is 2. The summed E-state index contributed by atoms with van der Waals surface area (Å²) in [6, 6.07) is 9.44. The lowest BCUT2D eigenvalue weighted by Gasteiger charge is -2.12. The quantitative estimate of drug-likeness (QED) is 0.231. The van der Waals surface area contributed by atoms with E-state index in [0.29, 0.717) is 31.5 Å². The summed E-state index contributed by atoms with van der Waals surface area (Å²) in [7, 11) is 6.64. The fourth-order valence-electron chi connectivity index (χ4n) is 1.62. The fourth-order valence-corrected chi connectivity index (χ4v) is 2.21. The van der Waals surface area contributed by atoms with E-state index in [4.69, 9.17) is 103 Å². The Kier molecular flexibility index (Phi) is 19.7. The number of alkyl halides is 4. The number of amides is 4. The average Bonchev–Trinajstić information content (AvgIpc) is 2.83. The molecule has 236 valence electrons. The zero-order valence-corrected chi connectivity index (χ0v) is 29.0. The van der Waals surface area contributed by atoms with Crippen molar-refractivity contribution in [1.82, 2.24) is 9.80 Å². The molecular weight excluding hydrogens is 724 g/mol. The summed E-state index contributed by atoms with van der Waals surface area (Å²) in [5.41, 5.74) is 1.25. The zero-order valence-electron chi connectivity index (χ0n) is 22.9. The summed E-state index contributed by atoms with van der Waals surface area (Å²) in [5.74, 6) is -2.45. The van der Waals surface area contributed by atoms with Crippen molar-refractivity contribution >= 4 is 128 Å². The molecule has 0 aromatic heterocycles. The van der Waals surface area contributed by atoms with Gasteiger partial charge in [-0.3, -0.25) is 0 Å². The monoisotopic (exact) mass is 748 g/mol. The minimum absolute atomic E-state index is 0.205. The second-order valence-electron chi connectivity index (χ2n) is 8.29. The molecule has 0 atom stereocenters. The number of nitrogens with one attached hydrogen (secondary N) is 2. The van der Waals surface area contributed by atoms with Crippen molar-refractivity contribution in [2.75, 3.05) is 38.8 Å². The van der Waals surface area contributed by atoms with Gasteiger partial charge in [0.15, 0.2) is 0 Å². The van der Waals surface area contributed by atoms with Crippen molar-refractivity contribution in [1.29, 1.82) is 0 Å². The van der Waals surface area contributed by atoms with Crippen molar-refractivity contribution in [3.63, 3.8) is 0 Å². The van der Waals surface area contributed by atoms with Crippen molar-refractivity contribution in [3.05, 3.63) is 56.5 Å². The normalized spacial score (nSPS) is 10.2. The van der Waals surface area contributed by atoms with E-state index >= 15 is 0 Å². The van der Waals surface area contributed by atoms with Crippen LogP contribution in [0.15, 0.2) is 36.4 Å². The van der Waals surface area contributed by atoms with Crippen LogP contribution >= 0.6 is 92.8 Å². The summed E-state index contributed by atoms with van der Waals surface area (Å²) in [5, 5.41) is 23.1. The van der Waals surface area contributed by atoms with Crippen LogP contribution in [0.4, 0.5) is 21.0 Å². The van der Waals surface area contributed by atoms with Gasteiger partial charge in [0.25, 0.3) is 0 Å². The number of carbonyl (C=O) groups is 4. The second kappa shape index (κ2) is 19.5. The molecule has 0 heterocycles. The van der Waals surface area contributed by atoms with Crippen LogP contribution in [-0.4, -0.2) is 80.9 Å². The number of hydrogen-bond acceptors (Lipinski definition) is 4. The van der Waals surface area contributed by atoms with E-state index < -0.39 is 20.6 Å². The first-order chi connectivity index (χ1) is 18.9. The van der Waals surface area contributed by atoms with Gasteiger partial charge in [0.2, 0.25) is 8.67 Å². The molecule has 0 saturated heterocycles. The highest BCUT2D eigenvalue weighted by molar-refractivity contribution is 6.57. The lowest BCUT2D eigenvalue weighted by molar-refractivity contribution is -0.138. The molecule has 0 unspecified atom stereocenters. The van der Waals surface area contributed by atoms with E-state index in [1.165, 1.54) is 23.6 Å². The first-order valence-electron chi connectivity index (χ1n) is 11.0. The molecule has 0 fully saturated rings. The van der Waals surface area contributed by atoms with Crippen molar-refractivity contribution in [3.8, 4) is 0 Å². The molecule has 2 rings (SSSR count). The Labute approximate surface area is 283 Å². The molecule has 42 heavy (non-hydrogen) atoms. The SMILES string of the molecule is CC(Cl)(Cl)C(=O)O.CC(Cl)(Cl)C(=O)O.CN(C)C(=O)Nc1ccc(Cl)c(Cl)c1.CN(C)C(=O)Nc1ccc(Cl)c(Cl)c1. The van der Waals surface area contributed by atoms with E-state index in [0.717, 1.165) is 0 Å². The van der Waals surface area contributed by atoms with Gasteiger partial charge in [0.1, 0.15) is 0 Å². The highest BCUT2D eigenvalue weighted by Gasteiger charge is 2.26. The van der Waals surface area contributed by atoms with Gasteiger partial charge < -0.3 is 30.6 Å². The molecular formula is C24H28Cl8N4O6. The third-order valence-electron chi connectivity index (χ3n) is 3.91. The van der Waals surface area contributed by atoms with Crippen LogP contribution in [0.25, 0.3) is 0 Å². The topological polar surface area (TPSA) is 139 Å². The Hall–Kier alpha value is -1.76. The Morgan fingerprint density at radius 3 is 1.00 bits per heavy atom. The molecule has 4 amide bonds. The molecule has 0 bridgehead atoms. The zero-order chi connectivity index (χ0) is 33.6. The lowest BCUT2D eigenvalue weighted by Crippen LogP contribution is -2.27. The van der Waals surface area contributed by atoms with Gasteiger partial charge >= 0.3 is 24.0 Å². The van der Waals surface area contributed by atoms with Gasteiger partial charge in [-0.2, -0.15) is 0 Å². The largest absolute Gasteiger partial charge is 0.479 e. The second-order valence-corrected chi connectivity index (χ2v) is 13.3. The highest BCUT2D eigenvalue weighted by Crippen LogP contribution is 2.26. The number of carboxylic acid groups (broad SMARTS) is 2. The molecule has 18 heteroatoms. The smallest absolute Gasteiger partial charge is 0.339 e. The standard InChI is InChI=1S/2C9H10Cl2N2O.2C3H4Cl2O2/c2*1-13(2)9(14)12-6-3-4-7(10)8(11)5-6;2*1-3(4,5)2(6)7/h2*3-5H,1-2H3,(H,12,14);2*1H3,(H,6,7). The number of anilines is 2. The first-order valence-corrected chi connectivity index (χ1v) is 14.0. The van der Waals surface area contributed by atoms with E-state index in [-0.39, 0.29) is 12.1 Å². The number of urea groups is 2. The molecule has 0 radical (unpaired) electrons. The number of nitrogens with zero attached hydrogens (tertiary/aromatic N) is 2. The molecule has 0 aliphatic heterocycles. The van der Waals surface area contributed by atoms with Gasteiger partial charge in [0.05, 0.1) is 20.1 Å². The molecule has 4 N–H and O–H groups in total. The predicted octanol–water partition coefficient (Wildman–Crippen LogP) is 8.70. The molecule has 0 spiro atoms. The van der Waals surface area contributed by atoms with Gasteiger partial charge in [-0.05, 0) is 50.2 Å². The van der Waals surface area contributed by atoms with Gasteiger partial charge in [-0.15, -0.1) is 0 Å². The van der Waals surface area contributed by atoms with Crippen LogP contribution in [0.2, 0.25) is 20.1 Å². The third-order valence-corrected chi connectivity index (χ3v) is 6.03. The minimum Gasteiger partial charge on any atom is -0.479 e. The number of halogens is 8. The number of carbonyl (C=O) groups excluding carboxylic acids is 2. The molecule has 0 aliphatic rings. The maximum absolute atomic E-state index is 11.2. The fraction of sp³-hybridized carbons (Fsp3) is 0.333. The summed E-state index contributed by atoms with van der Waals surface area (Å²) >= 11 is 43.1. The minimum atomic E-state index is -1.64. The number of rotatable bonds is 4. The summed E-state index contributed by atoms with van der Waals surface area (Å²) in [6.07, 6.45) is 0. The maximum Gasteiger partial charge on any atom is 0.339 e. The van der Waals surface area contributed by atoms with Crippen molar-refractivity contribution in [2.45, 2.75) is 22.5 Å². The van der Waals surface area contributed by atoms with Crippen LogP contribution < -0.4 is 10.6 Å². The van der Waals surface area contributed by atoms with Gasteiger partial charge in [0, 0.05) is 39.6 Å². The van der Waals surface area contributed by atoms with Crippen molar-refractivity contribution < 1.29 is 29.4 Å². The van der Waals surface area contributed by atoms with E-state index in [9.17, 15) is 19.2 Å². The van der Waals surface area contributed by atoms with E-state index in [2.05, 4.69) is 10.6 Å². The van der Waals surface area contributed by atoms with Gasteiger partial charge in [-0.25, -0.2) is 19.2 Å².